The smallest absolute Gasteiger partial charge is 0.223 e. The van der Waals surface area contributed by atoms with Crippen molar-refractivity contribution < 1.29 is 9.59 Å². The SMILES string of the molecule is CCC[C@H](C)NC(=O)C[C@H]1c2ccccc2C=CN1C(C)=O. The molecular formula is C18H24N2O2. The fourth-order valence-corrected chi connectivity index (χ4v) is 2.93. The lowest BCUT2D eigenvalue weighted by Gasteiger charge is -2.32. The molecule has 2 amide bonds. The molecule has 4 heteroatoms. The predicted octanol–water partition coefficient (Wildman–Crippen LogP) is 3.26. The normalized spacial score (nSPS) is 17.8. The number of carbonyl (C=O) groups is 2. The molecule has 0 saturated heterocycles. The highest BCUT2D eigenvalue weighted by atomic mass is 16.2. The van der Waals surface area contributed by atoms with E-state index in [-0.39, 0.29) is 30.3 Å². The Morgan fingerprint density at radius 1 is 1.32 bits per heavy atom. The van der Waals surface area contributed by atoms with Crippen LogP contribution in [0.3, 0.4) is 0 Å². The molecule has 0 radical (unpaired) electrons. The van der Waals surface area contributed by atoms with Gasteiger partial charge in [-0.15, -0.1) is 0 Å². The van der Waals surface area contributed by atoms with E-state index in [1.54, 1.807) is 11.1 Å². The van der Waals surface area contributed by atoms with Crippen molar-refractivity contribution in [3.8, 4) is 0 Å². The van der Waals surface area contributed by atoms with Crippen molar-refractivity contribution in [2.24, 2.45) is 0 Å². The van der Waals surface area contributed by atoms with Crippen LogP contribution in [0.15, 0.2) is 30.5 Å². The van der Waals surface area contributed by atoms with Gasteiger partial charge < -0.3 is 10.2 Å². The molecule has 0 spiro atoms. The van der Waals surface area contributed by atoms with Crippen LogP contribution in [0.5, 0.6) is 0 Å². The third kappa shape index (κ3) is 3.75. The van der Waals surface area contributed by atoms with Crippen LogP contribution in [0.4, 0.5) is 0 Å². The van der Waals surface area contributed by atoms with E-state index in [0.717, 1.165) is 24.0 Å². The Hall–Kier alpha value is -2.10. The fourth-order valence-electron chi connectivity index (χ4n) is 2.93. The first-order valence-electron chi connectivity index (χ1n) is 7.88. The molecule has 0 bridgehead atoms. The molecule has 118 valence electrons. The number of benzene rings is 1. The summed E-state index contributed by atoms with van der Waals surface area (Å²) in [7, 11) is 0. The zero-order valence-corrected chi connectivity index (χ0v) is 13.5. The molecule has 0 fully saturated rings. The summed E-state index contributed by atoms with van der Waals surface area (Å²) in [5.41, 5.74) is 2.10. The van der Waals surface area contributed by atoms with E-state index in [1.165, 1.54) is 6.92 Å². The van der Waals surface area contributed by atoms with Gasteiger partial charge in [-0.1, -0.05) is 37.6 Å². The van der Waals surface area contributed by atoms with Gasteiger partial charge in [-0.25, -0.2) is 0 Å². The van der Waals surface area contributed by atoms with Gasteiger partial charge in [-0.05, 0) is 30.5 Å². The van der Waals surface area contributed by atoms with Gasteiger partial charge in [0.15, 0.2) is 0 Å². The van der Waals surface area contributed by atoms with Gasteiger partial charge in [0, 0.05) is 19.2 Å². The average Bonchev–Trinajstić information content (AvgIpc) is 2.47. The van der Waals surface area contributed by atoms with Gasteiger partial charge in [0.2, 0.25) is 11.8 Å². The van der Waals surface area contributed by atoms with Crippen molar-refractivity contribution in [3.05, 3.63) is 41.6 Å². The van der Waals surface area contributed by atoms with E-state index >= 15 is 0 Å². The summed E-state index contributed by atoms with van der Waals surface area (Å²) in [4.78, 5) is 25.8. The largest absolute Gasteiger partial charge is 0.354 e. The third-order valence-corrected chi connectivity index (χ3v) is 3.98. The minimum atomic E-state index is -0.229. The van der Waals surface area contributed by atoms with Crippen molar-refractivity contribution in [1.29, 1.82) is 0 Å². The molecule has 0 unspecified atom stereocenters. The number of hydrogen-bond donors (Lipinski definition) is 1. The summed E-state index contributed by atoms with van der Waals surface area (Å²) in [6, 6.07) is 7.84. The van der Waals surface area contributed by atoms with Gasteiger partial charge in [0.25, 0.3) is 0 Å². The van der Waals surface area contributed by atoms with E-state index in [2.05, 4.69) is 12.2 Å². The Morgan fingerprint density at radius 2 is 2.05 bits per heavy atom. The van der Waals surface area contributed by atoms with Crippen molar-refractivity contribution in [2.45, 2.75) is 52.1 Å². The number of fused-ring (bicyclic) bond motifs is 1. The Kier molecular flexibility index (Phi) is 5.36. The first-order chi connectivity index (χ1) is 10.5. The van der Waals surface area contributed by atoms with Gasteiger partial charge in [0.05, 0.1) is 12.5 Å². The van der Waals surface area contributed by atoms with Gasteiger partial charge in [0.1, 0.15) is 0 Å². The molecule has 0 saturated carbocycles. The molecule has 1 aromatic carbocycles. The van der Waals surface area contributed by atoms with Crippen LogP contribution in [0.1, 0.15) is 57.2 Å². The zero-order valence-electron chi connectivity index (χ0n) is 13.5. The average molecular weight is 300 g/mol. The lowest BCUT2D eigenvalue weighted by atomic mass is 9.93. The maximum atomic E-state index is 12.3. The standard InChI is InChI=1S/C18H24N2O2/c1-4-7-13(2)19-18(22)12-17-16-9-6-5-8-15(16)10-11-20(17)14(3)21/h5-6,8-11,13,17H,4,7,12H2,1-3H3,(H,19,22)/t13-,17-/m0/s1. The quantitative estimate of drug-likeness (QED) is 0.907. The fraction of sp³-hybridized carbons (Fsp3) is 0.444. The van der Waals surface area contributed by atoms with Crippen molar-refractivity contribution in [1.82, 2.24) is 10.2 Å². The van der Waals surface area contributed by atoms with Crippen molar-refractivity contribution in [2.75, 3.05) is 0 Å². The van der Waals surface area contributed by atoms with E-state index < -0.39 is 0 Å². The Labute approximate surface area is 132 Å². The molecule has 0 aliphatic carbocycles. The summed E-state index contributed by atoms with van der Waals surface area (Å²) in [5, 5.41) is 3.02. The molecule has 1 N–H and O–H groups in total. The van der Waals surface area contributed by atoms with Crippen LogP contribution >= 0.6 is 0 Å². The van der Waals surface area contributed by atoms with Crippen LogP contribution < -0.4 is 5.32 Å². The highest BCUT2D eigenvalue weighted by Crippen LogP contribution is 2.32. The maximum absolute atomic E-state index is 12.3. The molecule has 4 nitrogen and oxygen atoms in total. The third-order valence-electron chi connectivity index (χ3n) is 3.98. The first-order valence-corrected chi connectivity index (χ1v) is 7.88. The summed E-state index contributed by atoms with van der Waals surface area (Å²) in [6.07, 6.45) is 5.98. The summed E-state index contributed by atoms with van der Waals surface area (Å²) < 4.78 is 0. The number of rotatable bonds is 5. The molecule has 1 aromatic rings. The number of nitrogens with one attached hydrogen (secondary N) is 1. The predicted molar refractivity (Wildman–Crippen MR) is 87.9 cm³/mol. The summed E-state index contributed by atoms with van der Waals surface area (Å²) >= 11 is 0. The summed E-state index contributed by atoms with van der Waals surface area (Å²) in [5.74, 6) is -0.0625. The molecule has 1 heterocycles. The lowest BCUT2D eigenvalue weighted by molar-refractivity contribution is -0.130. The zero-order chi connectivity index (χ0) is 16.1. The van der Waals surface area contributed by atoms with E-state index in [9.17, 15) is 9.59 Å². The Balaban J connectivity index is 2.16. The molecule has 2 atom stereocenters. The lowest BCUT2D eigenvalue weighted by Crippen LogP contribution is -2.38. The monoisotopic (exact) mass is 300 g/mol. The van der Waals surface area contributed by atoms with Crippen molar-refractivity contribution >= 4 is 17.9 Å². The van der Waals surface area contributed by atoms with Crippen LogP contribution in [0, 0.1) is 0 Å². The Morgan fingerprint density at radius 3 is 2.73 bits per heavy atom. The summed E-state index contributed by atoms with van der Waals surface area (Å²) in [6.45, 7) is 5.64. The molecule has 1 aliphatic rings. The van der Waals surface area contributed by atoms with Crippen molar-refractivity contribution in [3.63, 3.8) is 0 Å². The van der Waals surface area contributed by atoms with Gasteiger partial charge >= 0.3 is 0 Å². The highest BCUT2D eigenvalue weighted by Gasteiger charge is 2.28. The van der Waals surface area contributed by atoms with Crippen LogP contribution in [-0.4, -0.2) is 22.8 Å². The minimum absolute atomic E-state index is 0.0118. The molecular weight excluding hydrogens is 276 g/mol. The van der Waals surface area contributed by atoms with E-state index in [1.807, 2.05) is 37.3 Å². The molecule has 1 aliphatic heterocycles. The van der Waals surface area contributed by atoms with Gasteiger partial charge in [-0.3, -0.25) is 9.59 Å². The van der Waals surface area contributed by atoms with Crippen LogP contribution in [0.25, 0.3) is 6.08 Å². The van der Waals surface area contributed by atoms with Crippen LogP contribution in [0.2, 0.25) is 0 Å². The second-order valence-corrected chi connectivity index (χ2v) is 5.85. The van der Waals surface area contributed by atoms with Crippen LogP contribution in [-0.2, 0) is 9.59 Å². The molecule has 0 aromatic heterocycles. The topological polar surface area (TPSA) is 49.4 Å². The Bertz CT molecular complexity index is 580. The molecule has 2 rings (SSSR count). The number of carbonyl (C=O) groups excluding carboxylic acids is 2. The maximum Gasteiger partial charge on any atom is 0.223 e. The number of nitrogens with zero attached hydrogens (tertiary/aromatic N) is 1. The highest BCUT2D eigenvalue weighted by molar-refractivity contribution is 5.81. The molecule has 22 heavy (non-hydrogen) atoms. The minimum Gasteiger partial charge on any atom is -0.354 e. The first kappa shape index (κ1) is 16.3. The number of amides is 2. The second-order valence-electron chi connectivity index (χ2n) is 5.85. The second kappa shape index (κ2) is 7.25. The van der Waals surface area contributed by atoms with E-state index in [4.69, 9.17) is 0 Å². The van der Waals surface area contributed by atoms with E-state index in [0.29, 0.717) is 0 Å². The number of hydrogen-bond acceptors (Lipinski definition) is 2. The van der Waals surface area contributed by atoms with Gasteiger partial charge in [-0.2, -0.15) is 0 Å².